The van der Waals surface area contributed by atoms with Gasteiger partial charge in [0, 0.05) is 10.6 Å². The second-order valence-electron chi connectivity index (χ2n) is 3.96. The molecule has 0 aliphatic carbocycles. The number of nitrogens with zero attached hydrogens (tertiary/aromatic N) is 1. The predicted octanol–water partition coefficient (Wildman–Crippen LogP) is 3.73. The highest BCUT2D eigenvalue weighted by Crippen LogP contribution is 2.13. The molecule has 102 valence electrons. The number of hydrazone groups is 1. The Labute approximate surface area is 128 Å². The molecular formula is C15H15N3S2. The third-order valence-electron chi connectivity index (χ3n) is 2.53. The van der Waals surface area contributed by atoms with Crippen molar-refractivity contribution >= 4 is 41.0 Å². The Balaban J connectivity index is 1.84. The van der Waals surface area contributed by atoms with Crippen LogP contribution in [0.2, 0.25) is 0 Å². The highest BCUT2D eigenvalue weighted by Gasteiger charge is 1.94. The highest BCUT2D eigenvalue weighted by atomic mass is 32.2. The van der Waals surface area contributed by atoms with Crippen LogP contribution >= 0.6 is 24.0 Å². The third-order valence-corrected chi connectivity index (χ3v) is 3.46. The molecule has 0 fully saturated rings. The number of nitrogens with one attached hydrogen (secondary N) is 2. The lowest BCUT2D eigenvalue weighted by Gasteiger charge is -2.06. The van der Waals surface area contributed by atoms with Crippen molar-refractivity contribution in [3.63, 3.8) is 0 Å². The van der Waals surface area contributed by atoms with Crippen LogP contribution in [0.3, 0.4) is 0 Å². The van der Waals surface area contributed by atoms with Crippen LogP contribution in [0.1, 0.15) is 5.56 Å². The van der Waals surface area contributed by atoms with Crippen molar-refractivity contribution in [2.45, 2.75) is 4.90 Å². The molecule has 0 aliphatic heterocycles. The lowest BCUT2D eigenvalue weighted by Crippen LogP contribution is -2.23. The van der Waals surface area contributed by atoms with Gasteiger partial charge in [-0.1, -0.05) is 30.3 Å². The standard InChI is InChI=1S/C15H15N3S2/c1-20-14-9-7-12(8-10-14)11-16-18-15(19)17-13-5-3-2-4-6-13/h2-11H,1H3,(H2,17,18,19). The molecule has 20 heavy (non-hydrogen) atoms. The molecule has 0 saturated carbocycles. The molecule has 0 amide bonds. The predicted molar refractivity (Wildman–Crippen MR) is 91.6 cm³/mol. The molecule has 0 heterocycles. The number of para-hydroxylation sites is 1. The lowest BCUT2D eigenvalue weighted by molar-refractivity contribution is 1.05. The molecular weight excluding hydrogens is 286 g/mol. The molecule has 3 nitrogen and oxygen atoms in total. The van der Waals surface area contributed by atoms with Crippen LogP contribution in [0.25, 0.3) is 0 Å². The van der Waals surface area contributed by atoms with Gasteiger partial charge in [-0.15, -0.1) is 11.8 Å². The number of hydrogen-bond donors (Lipinski definition) is 2. The Morgan fingerprint density at radius 1 is 1.10 bits per heavy atom. The number of benzene rings is 2. The van der Waals surface area contributed by atoms with Crippen LogP contribution < -0.4 is 10.7 Å². The van der Waals surface area contributed by atoms with E-state index < -0.39 is 0 Å². The molecule has 2 rings (SSSR count). The average Bonchev–Trinajstić information content (AvgIpc) is 2.49. The van der Waals surface area contributed by atoms with Gasteiger partial charge < -0.3 is 5.32 Å². The molecule has 0 aliphatic rings. The SMILES string of the molecule is CSc1ccc(C=NNC(=S)Nc2ccccc2)cc1. The van der Waals surface area contributed by atoms with Crippen LogP contribution in [-0.4, -0.2) is 17.6 Å². The van der Waals surface area contributed by atoms with Crippen LogP contribution in [-0.2, 0) is 0 Å². The minimum absolute atomic E-state index is 0.466. The number of anilines is 1. The summed E-state index contributed by atoms with van der Waals surface area (Å²) in [6.07, 6.45) is 3.79. The second kappa shape index (κ2) is 7.67. The third kappa shape index (κ3) is 4.68. The van der Waals surface area contributed by atoms with Gasteiger partial charge in [-0.25, -0.2) is 0 Å². The molecule has 0 unspecified atom stereocenters. The fourth-order valence-corrected chi connectivity index (χ4v) is 2.11. The fourth-order valence-electron chi connectivity index (χ4n) is 1.54. The quantitative estimate of drug-likeness (QED) is 0.390. The van der Waals surface area contributed by atoms with Crippen LogP contribution in [0.5, 0.6) is 0 Å². The molecule has 2 N–H and O–H groups in total. The van der Waals surface area contributed by atoms with Gasteiger partial charge in [-0.2, -0.15) is 5.10 Å². The average molecular weight is 301 g/mol. The van der Waals surface area contributed by atoms with Crippen molar-refractivity contribution in [1.82, 2.24) is 5.43 Å². The summed E-state index contributed by atoms with van der Waals surface area (Å²) in [6.45, 7) is 0. The summed E-state index contributed by atoms with van der Waals surface area (Å²) in [5, 5.41) is 7.62. The fraction of sp³-hybridized carbons (Fsp3) is 0.0667. The topological polar surface area (TPSA) is 36.4 Å². The van der Waals surface area contributed by atoms with Crippen molar-refractivity contribution < 1.29 is 0 Å². The van der Waals surface area contributed by atoms with E-state index in [0.717, 1.165) is 11.3 Å². The molecule has 0 bridgehead atoms. The van der Waals surface area contributed by atoms with Gasteiger partial charge >= 0.3 is 0 Å². The first-order valence-corrected chi connectivity index (χ1v) is 7.70. The summed E-state index contributed by atoms with van der Waals surface area (Å²) in [4.78, 5) is 1.23. The summed E-state index contributed by atoms with van der Waals surface area (Å²) in [7, 11) is 0. The Hall–Kier alpha value is -1.85. The Morgan fingerprint density at radius 2 is 1.80 bits per heavy atom. The summed E-state index contributed by atoms with van der Waals surface area (Å²) in [6, 6.07) is 17.9. The zero-order valence-electron chi connectivity index (χ0n) is 11.0. The zero-order chi connectivity index (χ0) is 14.2. The van der Waals surface area contributed by atoms with E-state index in [4.69, 9.17) is 12.2 Å². The van der Waals surface area contributed by atoms with Gasteiger partial charge in [0.25, 0.3) is 0 Å². The minimum Gasteiger partial charge on any atom is -0.331 e. The van der Waals surface area contributed by atoms with Crippen molar-refractivity contribution in [2.75, 3.05) is 11.6 Å². The van der Waals surface area contributed by atoms with Crippen LogP contribution in [0.15, 0.2) is 64.6 Å². The van der Waals surface area contributed by atoms with Gasteiger partial charge in [-0.05, 0) is 48.3 Å². The molecule has 0 radical (unpaired) electrons. The van der Waals surface area contributed by atoms with Gasteiger partial charge in [0.05, 0.1) is 6.21 Å². The number of thioether (sulfide) groups is 1. The number of thiocarbonyl (C=S) groups is 1. The maximum Gasteiger partial charge on any atom is 0.191 e. The smallest absolute Gasteiger partial charge is 0.191 e. The van der Waals surface area contributed by atoms with E-state index in [9.17, 15) is 0 Å². The van der Waals surface area contributed by atoms with E-state index in [1.165, 1.54) is 4.90 Å². The van der Waals surface area contributed by atoms with Crippen LogP contribution in [0, 0.1) is 0 Å². The molecule has 0 aromatic heterocycles. The van der Waals surface area contributed by atoms with Crippen molar-refractivity contribution in [2.24, 2.45) is 5.10 Å². The lowest BCUT2D eigenvalue weighted by atomic mass is 10.2. The maximum atomic E-state index is 5.15. The van der Waals surface area contributed by atoms with Gasteiger partial charge in [-0.3, -0.25) is 5.43 Å². The van der Waals surface area contributed by atoms with E-state index in [2.05, 4.69) is 34.2 Å². The summed E-state index contributed by atoms with van der Waals surface area (Å²) in [5.41, 5.74) is 4.75. The Bertz CT molecular complexity index is 580. The first kappa shape index (κ1) is 14.6. The van der Waals surface area contributed by atoms with E-state index in [-0.39, 0.29) is 0 Å². The maximum absolute atomic E-state index is 5.15. The normalized spacial score (nSPS) is 10.4. The Morgan fingerprint density at radius 3 is 2.45 bits per heavy atom. The zero-order valence-corrected chi connectivity index (χ0v) is 12.7. The van der Waals surface area contributed by atoms with Crippen molar-refractivity contribution in [1.29, 1.82) is 0 Å². The van der Waals surface area contributed by atoms with Gasteiger partial charge in [0.15, 0.2) is 5.11 Å². The monoisotopic (exact) mass is 301 g/mol. The number of hydrogen-bond acceptors (Lipinski definition) is 3. The van der Waals surface area contributed by atoms with E-state index in [1.807, 2.05) is 42.5 Å². The largest absolute Gasteiger partial charge is 0.331 e. The van der Waals surface area contributed by atoms with Crippen LogP contribution in [0.4, 0.5) is 5.69 Å². The molecule has 2 aromatic rings. The first-order valence-electron chi connectivity index (χ1n) is 6.07. The highest BCUT2D eigenvalue weighted by molar-refractivity contribution is 7.98. The van der Waals surface area contributed by atoms with Gasteiger partial charge in [0.1, 0.15) is 0 Å². The van der Waals surface area contributed by atoms with E-state index >= 15 is 0 Å². The van der Waals surface area contributed by atoms with E-state index in [0.29, 0.717) is 5.11 Å². The Kier molecular flexibility index (Phi) is 5.58. The van der Waals surface area contributed by atoms with Gasteiger partial charge in [0.2, 0.25) is 0 Å². The summed E-state index contributed by atoms with van der Waals surface area (Å²) in [5.74, 6) is 0. The summed E-state index contributed by atoms with van der Waals surface area (Å²) >= 11 is 6.87. The first-order chi connectivity index (χ1) is 9.78. The summed E-state index contributed by atoms with van der Waals surface area (Å²) < 4.78 is 0. The molecule has 2 aromatic carbocycles. The molecule has 5 heteroatoms. The minimum atomic E-state index is 0.466. The van der Waals surface area contributed by atoms with E-state index in [1.54, 1.807) is 18.0 Å². The second-order valence-corrected chi connectivity index (χ2v) is 5.25. The van der Waals surface area contributed by atoms with Crippen molar-refractivity contribution in [3.05, 3.63) is 60.2 Å². The number of rotatable bonds is 4. The molecule has 0 saturated heterocycles. The molecule has 0 spiro atoms. The van der Waals surface area contributed by atoms with Crippen molar-refractivity contribution in [3.8, 4) is 0 Å². The molecule has 0 atom stereocenters.